The van der Waals surface area contributed by atoms with E-state index in [0.717, 1.165) is 11.1 Å². The smallest absolute Gasteiger partial charge is 0.266 e. The van der Waals surface area contributed by atoms with E-state index in [1.165, 1.54) is 0 Å². The Labute approximate surface area is 111 Å². The molecule has 4 heteroatoms. The molecule has 0 saturated carbocycles. The number of para-hydroxylation sites is 1. The van der Waals surface area contributed by atoms with Gasteiger partial charge in [0.1, 0.15) is 17.4 Å². The SMILES string of the molecule is CCOc1ccccc1-c1c(C)c[nH]c(=O)c1C#N. The van der Waals surface area contributed by atoms with Gasteiger partial charge in [-0.15, -0.1) is 0 Å². The summed E-state index contributed by atoms with van der Waals surface area (Å²) in [7, 11) is 0. The Morgan fingerprint density at radius 1 is 1.37 bits per heavy atom. The fraction of sp³-hybridized carbons (Fsp3) is 0.200. The van der Waals surface area contributed by atoms with E-state index in [0.29, 0.717) is 17.9 Å². The highest BCUT2D eigenvalue weighted by Gasteiger charge is 2.15. The molecule has 1 aromatic carbocycles. The van der Waals surface area contributed by atoms with Crippen LogP contribution in [-0.2, 0) is 0 Å². The molecule has 0 aliphatic rings. The number of hydrogen-bond acceptors (Lipinski definition) is 3. The van der Waals surface area contributed by atoms with Gasteiger partial charge in [0, 0.05) is 17.3 Å². The molecule has 4 nitrogen and oxygen atoms in total. The Balaban J connectivity index is 2.76. The van der Waals surface area contributed by atoms with Gasteiger partial charge in [-0.05, 0) is 25.5 Å². The summed E-state index contributed by atoms with van der Waals surface area (Å²) in [5.74, 6) is 0.676. The number of pyridine rings is 1. The van der Waals surface area contributed by atoms with Crippen LogP contribution in [0.1, 0.15) is 18.1 Å². The Morgan fingerprint density at radius 3 is 2.79 bits per heavy atom. The Hall–Kier alpha value is -2.54. The van der Waals surface area contributed by atoms with Crippen LogP contribution in [-0.4, -0.2) is 11.6 Å². The molecule has 0 aliphatic heterocycles. The van der Waals surface area contributed by atoms with Crippen molar-refractivity contribution in [2.75, 3.05) is 6.61 Å². The molecule has 19 heavy (non-hydrogen) atoms. The van der Waals surface area contributed by atoms with E-state index in [9.17, 15) is 10.1 Å². The molecule has 1 N–H and O–H groups in total. The first-order chi connectivity index (χ1) is 9.19. The van der Waals surface area contributed by atoms with Gasteiger partial charge in [-0.2, -0.15) is 5.26 Å². The molecule has 0 saturated heterocycles. The number of ether oxygens (including phenoxy) is 1. The topological polar surface area (TPSA) is 65.9 Å². The maximum Gasteiger partial charge on any atom is 0.266 e. The second-order valence-electron chi connectivity index (χ2n) is 4.09. The zero-order valence-electron chi connectivity index (χ0n) is 10.9. The molecule has 0 radical (unpaired) electrons. The van der Waals surface area contributed by atoms with Crippen molar-refractivity contribution in [2.45, 2.75) is 13.8 Å². The quantitative estimate of drug-likeness (QED) is 0.915. The van der Waals surface area contributed by atoms with Gasteiger partial charge in [0.25, 0.3) is 5.56 Å². The average Bonchev–Trinajstić information content (AvgIpc) is 2.42. The summed E-state index contributed by atoms with van der Waals surface area (Å²) in [6.07, 6.45) is 1.61. The summed E-state index contributed by atoms with van der Waals surface area (Å²) < 4.78 is 5.56. The van der Waals surface area contributed by atoms with Gasteiger partial charge < -0.3 is 9.72 Å². The van der Waals surface area contributed by atoms with Gasteiger partial charge in [-0.1, -0.05) is 18.2 Å². The van der Waals surface area contributed by atoms with Crippen LogP contribution in [0.4, 0.5) is 0 Å². The van der Waals surface area contributed by atoms with E-state index in [-0.39, 0.29) is 11.1 Å². The van der Waals surface area contributed by atoms with Crippen LogP contribution >= 0.6 is 0 Å². The zero-order valence-corrected chi connectivity index (χ0v) is 10.9. The molecule has 0 unspecified atom stereocenters. The van der Waals surface area contributed by atoms with Crippen molar-refractivity contribution >= 4 is 0 Å². The summed E-state index contributed by atoms with van der Waals surface area (Å²) >= 11 is 0. The molecule has 2 rings (SSSR count). The van der Waals surface area contributed by atoms with Gasteiger partial charge in [-0.3, -0.25) is 4.79 Å². The largest absolute Gasteiger partial charge is 0.493 e. The van der Waals surface area contributed by atoms with Gasteiger partial charge in [-0.25, -0.2) is 0 Å². The maximum atomic E-state index is 11.7. The van der Waals surface area contributed by atoms with Crippen LogP contribution in [0.3, 0.4) is 0 Å². The van der Waals surface area contributed by atoms with Crippen molar-refractivity contribution in [2.24, 2.45) is 0 Å². The minimum absolute atomic E-state index is 0.118. The first-order valence-electron chi connectivity index (χ1n) is 6.03. The van der Waals surface area contributed by atoms with Crippen LogP contribution in [0.5, 0.6) is 5.75 Å². The second kappa shape index (κ2) is 5.40. The van der Waals surface area contributed by atoms with Crippen LogP contribution in [0.15, 0.2) is 35.3 Å². The van der Waals surface area contributed by atoms with Crippen LogP contribution in [0, 0.1) is 18.3 Å². The molecular weight excluding hydrogens is 240 g/mol. The Morgan fingerprint density at radius 2 is 2.11 bits per heavy atom. The predicted octanol–water partition coefficient (Wildman–Crippen LogP) is 2.62. The van der Waals surface area contributed by atoms with E-state index in [1.807, 2.05) is 44.2 Å². The number of aryl methyl sites for hydroxylation is 1. The lowest BCUT2D eigenvalue weighted by molar-refractivity contribution is 0.341. The number of aromatic amines is 1. The lowest BCUT2D eigenvalue weighted by Crippen LogP contribution is -2.12. The maximum absolute atomic E-state index is 11.7. The van der Waals surface area contributed by atoms with Crippen LogP contribution < -0.4 is 10.3 Å². The third-order valence-corrected chi connectivity index (χ3v) is 2.86. The summed E-state index contributed by atoms with van der Waals surface area (Å²) in [6, 6.07) is 9.39. The van der Waals surface area contributed by atoms with Crippen molar-refractivity contribution < 1.29 is 4.74 Å². The molecule has 0 spiro atoms. The molecule has 0 amide bonds. The lowest BCUT2D eigenvalue weighted by atomic mass is 9.97. The number of benzene rings is 1. The van der Waals surface area contributed by atoms with E-state index in [4.69, 9.17) is 4.74 Å². The van der Waals surface area contributed by atoms with Crippen molar-refractivity contribution in [3.05, 3.63) is 51.9 Å². The molecule has 1 aromatic heterocycles. The average molecular weight is 254 g/mol. The van der Waals surface area contributed by atoms with Gasteiger partial charge in [0.2, 0.25) is 0 Å². The van der Waals surface area contributed by atoms with Crippen molar-refractivity contribution in [1.29, 1.82) is 5.26 Å². The molecule has 2 aromatic rings. The number of rotatable bonds is 3. The van der Waals surface area contributed by atoms with Crippen LogP contribution in [0.2, 0.25) is 0 Å². The summed E-state index contributed by atoms with van der Waals surface area (Å²) in [6.45, 7) is 4.28. The fourth-order valence-electron chi connectivity index (χ4n) is 2.04. The molecular formula is C15H14N2O2. The zero-order chi connectivity index (χ0) is 13.8. The molecule has 0 bridgehead atoms. The summed E-state index contributed by atoms with van der Waals surface area (Å²) in [5, 5.41) is 9.19. The molecule has 0 fully saturated rings. The third kappa shape index (κ3) is 2.36. The van der Waals surface area contributed by atoms with Gasteiger partial charge in [0.15, 0.2) is 0 Å². The second-order valence-corrected chi connectivity index (χ2v) is 4.09. The first-order valence-corrected chi connectivity index (χ1v) is 6.03. The number of nitriles is 1. The standard InChI is InChI=1S/C15H14N2O2/c1-3-19-13-7-5-4-6-11(13)14-10(2)9-17-15(18)12(14)8-16/h4-7,9H,3H2,1-2H3,(H,17,18). The molecule has 0 aliphatic carbocycles. The number of nitrogens with zero attached hydrogens (tertiary/aromatic N) is 1. The Bertz CT molecular complexity index is 696. The number of nitrogens with one attached hydrogen (secondary N) is 1. The predicted molar refractivity (Wildman–Crippen MR) is 73.1 cm³/mol. The van der Waals surface area contributed by atoms with Gasteiger partial charge >= 0.3 is 0 Å². The van der Waals surface area contributed by atoms with Crippen molar-refractivity contribution in [3.63, 3.8) is 0 Å². The van der Waals surface area contributed by atoms with E-state index >= 15 is 0 Å². The monoisotopic (exact) mass is 254 g/mol. The molecule has 0 atom stereocenters. The Kier molecular flexibility index (Phi) is 3.67. The highest BCUT2D eigenvalue weighted by Crippen LogP contribution is 2.32. The molecule has 1 heterocycles. The van der Waals surface area contributed by atoms with Crippen molar-refractivity contribution in [3.8, 4) is 22.9 Å². The lowest BCUT2D eigenvalue weighted by Gasteiger charge is -2.12. The summed E-state index contributed by atoms with van der Waals surface area (Å²) in [4.78, 5) is 14.3. The number of aromatic nitrogens is 1. The molecule has 96 valence electrons. The minimum Gasteiger partial charge on any atom is -0.493 e. The van der Waals surface area contributed by atoms with E-state index in [1.54, 1.807) is 6.20 Å². The summed E-state index contributed by atoms with van der Waals surface area (Å²) in [5.41, 5.74) is 1.98. The highest BCUT2D eigenvalue weighted by atomic mass is 16.5. The van der Waals surface area contributed by atoms with E-state index < -0.39 is 0 Å². The first kappa shape index (κ1) is 12.9. The fourth-order valence-corrected chi connectivity index (χ4v) is 2.04. The third-order valence-electron chi connectivity index (χ3n) is 2.86. The van der Waals surface area contributed by atoms with Crippen LogP contribution in [0.25, 0.3) is 11.1 Å². The number of H-pyrrole nitrogens is 1. The number of hydrogen-bond donors (Lipinski definition) is 1. The highest BCUT2D eigenvalue weighted by molar-refractivity contribution is 5.77. The van der Waals surface area contributed by atoms with Crippen molar-refractivity contribution in [1.82, 2.24) is 4.98 Å². The minimum atomic E-state index is -0.380. The normalized spacial score (nSPS) is 9.95. The van der Waals surface area contributed by atoms with Gasteiger partial charge in [0.05, 0.1) is 6.61 Å². The van der Waals surface area contributed by atoms with E-state index in [2.05, 4.69) is 4.98 Å².